The number of carboxylic acids is 1. The van der Waals surface area contributed by atoms with E-state index in [4.69, 9.17) is 16.3 Å². The standard InChI is InChI=1S/C32H37ClN2O3/c1-19(2)26-8-7-9-27(16-26)21(4)34-17-24-11-13-30-28(14-24)20(3)22(5)35(30)18-25-10-12-29(33)31(15-25)38-23(6)32(36)37/h7-16,19,21,23,34H,17-18H2,1-6H3,(H,36,37). The summed E-state index contributed by atoms with van der Waals surface area (Å²) in [4.78, 5) is 11.2. The molecule has 0 radical (unpaired) electrons. The van der Waals surface area contributed by atoms with Crippen molar-refractivity contribution in [2.45, 2.75) is 72.7 Å². The largest absolute Gasteiger partial charge is 0.479 e. The van der Waals surface area contributed by atoms with E-state index in [1.807, 2.05) is 12.1 Å². The van der Waals surface area contributed by atoms with E-state index in [2.05, 4.69) is 87.0 Å². The van der Waals surface area contributed by atoms with Crippen molar-refractivity contribution >= 4 is 28.5 Å². The number of ether oxygens (including phenoxy) is 1. The van der Waals surface area contributed by atoms with Crippen LogP contribution in [0.5, 0.6) is 5.75 Å². The van der Waals surface area contributed by atoms with Crippen molar-refractivity contribution < 1.29 is 14.6 Å². The van der Waals surface area contributed by atoms with E-state index >= 15 is 0 Å². The van der Waals surface area contributed by atoms with E-state index in [9.17, 15) is 9.90 Å². The van der Waals surface area contributed by atoms with E-state index in [1.54, 1.807) is 6.07 Å². The fourth-order valence-electron chi connectivity index (χ4n) is 4.75. The van der Waals surface area contributed by atoms with Crippen molar-refractivity contribution in [3.05, 3.63) is 99.2 Å². The van der Waals surface area contributed by atoms with E-state index < -0.39 is 12.1 Å². The minimum atomic E-state index is -1.03. The number of nitrogens with one attached hydrogen (secondary N) is 1. The molecular formula is C32H37ClN2O3. The number of nitrogens with zero attached hydrogens (tertiary/aromatic N) is 1. The summed E-state index contributed by atoms with van der Waals surface area (Å²) < 4.78 is 7.86. The third-order valence-corrected chi connectivity index (χ3v) is 7.69. The third-order valence-electron chi connectivity index (χ3n) is 7.38. The van der Waals surface area contributed by atoms with Crippen LogP contribution in [0.1, 0.15) is 73.2 Å². The first-order valence-electron chi connectivity index (χ1n) is 13.1. The second-order valence-electron chi connectivity index (χ2n) is 10.4. The van der Waals surface area contributed by atoms with Gasteiger partial charge in [0.2, 0.25) is 0 Å². The normalized spacial score (nSPS) is 13.2. The molecule has 1 aromatic heterocycles. The van der Waals surface area contributed by atoms with Gasteiger partial charge in [-0.05, 0) is 85.7 Å². The maximum atomic E-state index is 11.2. The zero-order valence-corrected chi connectivity index (χ0v) is 23.8. The van der Waals surface area contributed by atoms with Gasteiger partial charge in [0, 0.05) is 35.7 Å². The van der Waals surface area contributed by atoms with Gasteiger partial charge in [-0.15, -0.1) is 0 Å². The van der Waals surface area contributed by atoms with Crippen LogP contribution >= 0.6 is 11.6 Å². The van der Waals surface area contributed by atoms with Crippen LogP contribution in [0.4, 0.5) is 0 Å². The van der Waals surface area contributed by atoms with Gasteiger partial charge >= 0.3 is 5.97 Å². The first-order valence-corrected chi connectivity index (χ1v) is 13.5. The van der Waals surface area contributed by atoms with E-state index in [-0.39, 0.29) is 6.04 Å². The summed E-state index contributed by atoms with van der Waals surface area (Å²) >= 11 is 6.28. The van der Waals surface area contributed by atoms with Gasteiger partial charge in [-0.1, -0.05) is 61.8 Å². The van der Waals surface area contributed by atoms with E-state index in [1.165, 1.54) is 40.3 Å². The molecule has 38 heavy (non-hydrogen) atoms. The van der Waals surface area contributed by atoms with Crippen LogP contribution < -0.4 is 10.1 Å². The molecule has 0 aliphatic heterocycles. The number of carbonyl (C=O) groups is 1. The number of benzene rings is 3. The Hall–Kier alpha value is -3.28. The Kier molecular flexibility index (Phi) is 8.49. The van der Waals surface area contributed by atoms with E-state index in [0.29, 0.717) is 23.2 Å². The number of aromatic nitrogens is 1. The number of hydrogen-bond donors (Lipinski definition) is 2. The highest BCUT2D eigenvalue weighted by atomic mass is 35.5. The molecule has 0 aliphatic carbocycles. The molecule has 4 aromatic rings. The predicted molar refractivity (Wildman–Crippen MR) is 155 cm³/mol. The number of carboxylic acid groups (broad SMARTS) is 1. The number of hydrogen-bond acceptors (Lipinski definition) is 3. The molecule has 200 valence electrons. The fraction of sp³-hybridized carbons (Fsp3) is 0.344. The molecule has 0 saturated carbocycles. The number of aliphatic carboxylic acids is 1. The van der Waals surface area contributed by atoms with Gasteiger partial charge in [0.1, 0.15) is 5.75 Å². The first kappa shape index (κ1) is 27.7. The summed E-state index contributed by atoms with van der Waals surface area (Å²) in [5, 5.41) is 14.5. The lowest BCUT2D eigenvalue weighted by molar-refractivity contribution is -0.144. The first-order chi connectivity index (χ1) is 18.0. The summed E-state index contributed by atoms with van der Waals surface area (Å²) in [7, 11) is 0. The number of rotatable bonds is 10. The minimum absolute atomic E-state index is 0.252. The lowest BCUT2D eigenvalue weighted by atomic mass is 9.98. The maximum Gasteiger partial charge on any atom is 0.344 e. The Balaban J connectivity index is 1.53. The second kappa shape index (κ2) is 11.6. The Morgan fingerprint density at radius 3 is 2.39 bits per heavy atom. The van der Waals surface area contributed by atoms with Crippen LogP contribution in [-0.2, 0) is 17.9 Å². The van der Waals surface area contributed by atoms with Gasteiger partial charge in [-0.3, -0.25) is 0 Å². The summed E-state index contributed by atoms with van der Waals surface area (Å²) in [5.41, 5.74) is 8.52. The predicted octanol–water partition coefficient (Wildman–Crippen LogP) is 7.79. The van der Waals surface area contributed by atoms with E-state index in [0.717, 1.165) is 17.6 Å². The van der Waals surface area contributed by atoms with Gasteiger partial charge < -0.3 is 19.7 Å². The lowest BCUT2D eigenvalue weighted by Crippen LogP contribution is -2.23. The molecular weight excluding hydrogens is 496 g/mol. The summed E-state index contributed by atoms with van der Waals surface area (Å²) in [5.74, 6) is -0.135. The molecule has 2 unspecified atom stereocenters. The van der Waals surface area contributed by atoms with Crippen LogP contribution in [0, 0.1) is 13.8 Å². The van der Waals surface area contributed by atoms with Crippen LogP contribution in [-0.4, -0.2) is 21.7 Å². The monoisotopic (exact) mass is 532 g/mol. The highest BCUT2D eigenvalue weighted by Gasteiger charge is 2.17. The summed E-state index contributed by atoms with van der Waals surface area (Å²) in [6, 6.07) is 21.3. The number of aryl methyl sites for hydroxylation is 1. The summed E-state index contributed by atoms with van der Waals surface area (Å²) in [6.07, 6.45) is -0.979. The van der Waals surface area contributed by atoms with Crippen LogP contribution in [0.25, 0.3) is 10.9 Å². The van der Waals surface area contributed by atoms with Crippen molar-refractivity contribution in [1.29, 1.82) is 0 Å². The lowest BCUT2D eigenvalue weighted by Gasteiger charge is -2.17. The van der Waals surface area contributed by atoms with Gasteiger partial charge in [0.25, 0.3) is 0 Å². The maximum absolute atomic E-state index is 11.2. The molecule has 3 aromatic carbocycles. The zero-order chi connectivity index (χ0) is 27.6. The molecule has 0 fully saturated rings. The molecule has 0 bridgehead atoms. The van der Waals surface area contributed by atoms with Crippen LogP contribution in [0.3, 0.4) is 0 Å². The SMILES string of the molecule is Cc1c(C)n(Cc2ccc(Cl)c(OC(C)C(=O)O)c2)c2ccc(CNC(C)c3cccc(C(C)C)c3)cc12. The molecule has 0 spiro atoms. The van der Waals surface area contributed by atoms with Crippen molar-refractivity contribution in [3.63, 3.8) is 0 Å². The van der Waals surface area contributed by atoms with Crippen molar-refractivity contribution in [2.24, 2.45) is 0 Å². The molecule has 0 saturated heterocycles. The molecule has 1 heterocycles. The third kappa shape index (κ3) is 6.06. The minimum Gasteiger partial charge on any atom is -0.479 e. The molecule has 0 aliphatic rings. The molecule has 6 heteroatoms. The highest BCUT2D eigenvalue weighted by molar-refractivity contribution is 6.32. The number of fused-ring (bicyclic) bond motifs is 1. The fourth-order valence-corrected chi connectivity index (χ4v) is 4.91. The number of halogens is 1. The second-order valence-corrected chi connectivity index (χ2v) is 10.8. The highest BCUT2D eigenvalue weighted by Crippen LogP contribution is 2.31. The molecule has 2 atom stereocenters. The summed E-state index contributed by atoms with van der Waals surface area (Å²) in [6.45, 7) is 13.9. The molecule has 0 amide bonds. The average Bonchev–Trinajstić information content (AvgIpc) is 3.13. The zero-order valence-electron chi connectivity index (χ0n) is 23.0. The average molecular weight is 533 g/mol. The van der Waals surface area contributed by atoms with Gasteiger partial charge in [-0.2, -0.15) is 0 Å². The molecule has 4 rings (SSSR count). The Morgan fingerprint density at radius 1 is 0.974 bits per heavy atom. The van der Waals surface area contributed by atoms with Crippen LogP contribution in [0.15, 0.2) is 60.7 Å². The smallest absolute Gasteiger partial charge is 0.344 e. The van der Waals surface area contributed by atoms with Gasteiger partial charge in [0.05, 0.1) is 5.02 Å². The van der Waals surface area contributed by atoms with Crippen molar-refractivity contribution in [2.75, 3.05) is 0 Å². The Labute approximate surface area is 230 Å². The quantitative estimate of drug-likeness (QED) is 0.219. The molecule has 5 nitrogen and oxygen atoms in total. The molecule has 2 N–H and O–H groups in total. The van der Waals surface area contributed by atoms with Gasteiger partial charge in [0.15, 0.2) is 6.10 Å². The van der Waals surface area contributed by atoms with Crippen molar-refractivity contribution in [1.82, 2.24) is 9.88 Å². The Morgan fingerprint density at radius 2 is 1.68 bits per heavy atom. The Bertz CT molecular complexity index is 1460. The van der Waals surface area contributed by atoms with Gasteiger partial charge in [-0.25, -0.2) is 4.79 Å². The topological polar surface area (TPSA) is 63.5 Å². The van der Waals surface area contributed by atoms with Crippen LogP contribution in [0.2, 0.25) is 5.02 Å². The van der Waals surface area contributed by atoms with Crippen molar-refractivity contribution in [3.8, 4) is 5.75 Å².